The molecule has 0 bridgehead atoms. The number of rotatable bonds is 3. The molecule has 1 aromatic carbocycles. The Morgan fingerprint density at radius 1 is 1.17 bits per heavy atom. The SMILES string of the molecule is Cc1cccc(C2=C(c3ccc4ncnn4c3)OC3(CCC(C=O)CC3)C2=O)c1. The molecule has 0 radical (unpaired) electrons. The normalized spacial score (nSPS) is 24.3. The van der Waals surface area contributed by atoms with Crippen molar-refractivity contribution in [3.63, 3.8) is 0 Å². The van der Waals surface area contributed by atoms with Crippen molar-refractivity contribution in [1.29, 1.82) is 0 Å². The van der Waals surface area contributed by atoms with E-state index in [-0.39, 0.29) is 11.7 Å². The molecule has 2 aliphatic rings. The van der Waals surface area contributed by atoms with Crippen molar-refractivity contribution in [1.82, 2.24) is 14.6 Å². The fraction of sp³-hybridized carbons (Fsp3) is 0.304. The number of aryl methyl sites for hydroxylation is 1. The number of hydrogen-bond acceptors (Lipinski definition) is 5. The lowest BCUT2D eigenvalue weighted by molar-refractivity contribution is -0.133. The van der Waals surface area contributed by atoms with Crippen LogP contribution in [0.3, 0.4) is 0 Å². The van der Waals surface area contributed by atoms with Crippen molar-refractivity contribution in [3.05, 3.63) is 65.6 Å². The van der Waals surface area contributed by atoms with E-state index in [1.165, 1.54) is 6.33 Å². The molecule has 1 aliphatic heterocycles. The topological polar surface area (TPSA) is 73.6 Å². The molecular formula is C23H21N3O3. The quantitative estimate of drug-likeness (QED) is 0.642. The van der Waals surface area contributed by atoms with Gasteiger partial charge in [-0.05, 0) is 50.3 Å². The Balaban J connectivity index is 1.64. The van der Waals surface area contributed by atoms with Crippen molar-refractivity contribution in [2.45, 2.75) is 38.2 Å². The van der Waals surface area contributed by atoms with Crippen LogP contribution in [0.15, 0.2) is 48.9 Å². The highest BCUT2D eigenvalue weighted by Crippen LogP contribution is 2.48. The predicted octanol–water partition coefficient (Wildman–Crippen LogP) is 3.63. The Bertz CT molecular complexity index is 1150. The summed E-state index contributed by atoms with van der Waals surface area (Å²) in [6.45, 7) is 2.01. The van der Waals surface area contributed by atoms with E-state index in [2.05, 4.69) is 10.1 Å². The molecular weight excluding hydrogens is 366 g/mol. The molecule has 6 nitrogen and oxygen atoms in total. The third-order valence-electron chi connectivity index (χ3n) is 6.04. The van der Waals surface area contributed by atoms with Gasteiger partial charge >= 0.3 is 0 Å². The van der Waals surface area contributed by atoms with Crippen molar-refractivity contribution < 1.29 is 14.3 Å². The van der Waals surface area contributed by atoms with Crippen LogP contribution in [-0.4, -0.2) is 32.3 Å². The molecule has 0 unspecified atom stereocenters. The van der Waals surface area contributed by atoms with Gasteiger partial charge in [-0.15, -0.1) is 0 Å². The van der Waals surface area contributed by atoms with Gasteiger partial charge in [-0.3, -0.25) is 4.79 Å². The average molecular weight is 387 g/mol. The number of carbonyl (C=O) groups excluding carboxylic acids is 2. The highest BCUT2D eigenvalue weighted by atomic mass is 16.5. The van der Waals surface area contributed by atoms with Gasteiger partial charge in [0.15, 0.2) is 11.2 Å². The molecule has 3 heterocycles. The Morgan fingerprint density at radius 2 is 2.00 bits per heavy atom. The van der Waals surface area contributed by atoms with Crippen molar-refractivity contribution in [3.8, 4) is 0 Å². The molecule has 3 aromatic rings. The van der Waals surface area contributed by atoms with Crippen LogP contribution < -0.4 is 0 Å². The molecule has 0 amide bonds. The predicted molar refractivity (Wildman–Crippen MR) is 108 cm³/mol. The third kappa shape index (κ3) is 2.87. The van der Waals surface area contributed by atoms with Gasteiger partial charge in [-0.25, -0.2) is 9.50 Å². The van der Waals surface area contributed by atoms with Crippen LogP contribution in [0.25, 0.3) is 17.0 Å². The van der Waals surface area contributed by atoms with Crippen molar-refractivity contribution >= 4 is 29.0 Å². The van der Waals surface area contributed by atoms with Gasteiger partial charge < -0.3 is 9.53 Å². The minimum absolute atomic E-state index is 0.00925. The first kappa shape index (κ1) is 17.8. The smallest absolute Gasteiger partial charge is 0.210 e. The van der Waals surface area contributed by atoms with E-state index in [4.69, 9.17) is 4.74 Å². The monoisotopic (exact) mass is 387 g/mol. The molecule has 6 heteroatoms. The van der Waals surface area contributed by atoms with Gasteiger partial charge in [0.05, 0.1) is 5.57 Å². The number of ether oxygens (including phenoxy) is 1. The van der Waals surface area contributed by atoms with Crippen LogP contribution in [0, 0.1) is 12.8 Å². The summed E-state index contributed by atoms with van der Waals surface area (Å²) in [6.07, 6.45) is 6.80. The number of nitrogens with zero attached hydrogens (tertiary/aromatic N) is 3. The first-order chi connectivity index (χ1) is 14.1. The third-order valence-corrected chi connectivity index (χ3v) is 6.04. The number of aldehydes is 1. The molecule has 2 aromatic heterocycles. The van der Waals surface area contributed by atoms with E-state index in [0.717, 1.165) is 28.6 Å². The van der Waals surface area contributed by atoms with E-state index in [1.54, 1.807) is 4.52 Å². The Kier molecular flexibility index (Phi) is 4.08. The highest BCUT2D eigenvalue weighted by molar-refractivity contribution is 6.33. The molecule has 1 spiro atoms. The summed E-state index contributed by atoms with van der Waals surface area (Å²) in [6, 6.07) is 11.7. The highest BCUT2D eigenvalue weighted by Gasteiger charge is 2.51. The molecule has 0 atom stereocenters. The maximum absolute atomic E-state index is 13.7. The molecule has 29 heavy (non-hydrogen) atoms. The summed E-state index contributed by atoms with van der Waals surface area (Å²) in [4.78, 5) is 29.1. The minimum Gasteiger partial charge on any atom is -0.478 e. The molecule has 5 rings (SSSR count). The Labute approximate surface area is 168 Å². The number of hydrogen-bond donors (Lipinski definition) is 0. The van der Waals surface area contributed by atoms with Crippen LogP contribution in [-0.2, 0) is 14.3 Å². The molecule has 1 aliphatic carbocycles. The van der Waals surface area contributed by atoms with Crippen molar-refractivity contribution in [2.75, 3.05) is 0 Å². The summed E-state index contributed by atoms with van der Waals surface area (Å²) in [5.74, 6) is 0.610. The van der Waals surface area contributed by atoms with Crippen LogP contribution in [0.1, 0.15) is 42.4 Å². The summed E-state index contributed by atoms with van der Waals surface area (Å²) in [7, 11) is 0. The summed E-state index contributed by atoms with van der Waals surface area (Å²) in [5, 5.41) is 4.21. The summed E-state index contributed by atoms with van der Waals surface area (Å²) < 4.78 is 8.14. The zero-order valence-electron chi connectivity index (χ0n) is 16.2. The fourth-order valence-electron chi connectivity index (χ4n) is 4.41. The van der Waals surface area contributed by atoms with Gasteiger partial charge in [-0.1, -0.05) is 29.8 Å². The number of aromatic nitrogens is 3. The molecule has 1 saturated carbocycles. The van der Waals surface area contributed by atoms with Gasteiger partial charge in [0.25, 0.3) is 0 Å². The number of carbonyl (C=O) groups is 2. The van der Waals surface area contributed by atoms with Crippen LogP contribution >= 0.6 is 0 Å². The molecule has 0 saturated heterocycles. The molecule has 146 valence electrons. The Hall–Kier alpha value is -3.28. The lowest BCUT2D eigenvalue weighted by atomic mass is 9.75. The van der Waals surface area contributed by atoms with Crippen LogP contribution in [0.4, 0.5) is 0 Å². The maximum Gasteiger partial charge on any atom is 0.210 e. The zero-order valence-corrected chi connectivity index (χ0v) is 16.2. The summed E-state index contributed by atoms with van der Waals surface area (Å²) >= 11 is 0. The average Bonchev–Trinajstić information content (AvgIpc) is 3.31. The first-order valence-electron chi connectivity index (χ1n) is 9.90. The number of ketones is 1. The van der Waals surface area contributed by atoms with Gasteiger partial charge in [-0.2, -0.15) is 5.10 Å². The van der Waals surface area contributed by atoms with E-state index in [1.807, 2.05) is 49.5 Å². The second kappa shape index (κ2) is 6.65. The second-order valence-electron chi connectivity index (χ2n) is 7.95. The number of Topliss-reactive ketones (excluding diaryl/α,β-unsaturated/α-hetero) is 1. The minimum atomic E-state index is -0.884. The van der Waals surface area contributed by atoms with Crippen LogP contribution in [0.5, 0.6) is 0 Å². The number of benzene rings is 1. The van der Waals surface area contributed by atoms with E-state index >= 15 is 0 Å². The molecule has 0 N–H and O–H groups in total. The van der Waals surface area contributed by atoms with Crippen molar-refractivity contribution in [2.24, 2.45) is 5.92 Å². The Morgan fingerprint density at radius 3 is 2.76 bits per heavy atom. The maximum atomic E-state index is 13.7. The standard InChI is InChI=1S/C23H21N3O3/c1-15-3-2-4-17(11-15)20-21(18-5-6-19-24-14-25-26(19)12-18)29-23(22(20)28)9-7-16(13-27)8-10-23/h2-6,11-14,16H,7-10H2,1H3. The summed E-state index contributed by atoms with van der Waals surface area (Å²) in [5.41, 5.74) is 3.19. The largest absolute Gasteiger partial charge is 0.478 e. The van der Waals surface area contributed by atoms with Gasteiger partial charge in [0.2, 0.25) is 5.78 Å². The second-order valence-corrected chi connectivity index (χ2v) is 7.95. The van der Waals surface area contributed by atoms with E-state index in [9.17, 15) is 9.59 Å². The lowest BCUT2D eigenvalue weighted by Crippen LogP contribution is -2.41. The zero-order chi connectivity index (χ0) is 20.0. The van der Waals surface area contributed by atoms with E-state index in [0.29, 0.717) is 37.0 Å². The van der Waals surface area contributed by atoms with Gasteiger partial charge in [0, 0.05) is 17.7 Å². The first-order valence-corrected chi connectivity index (χ1v) is 9.90. The number of pyridine rings is 1. The molecule has 1 fully saturated rings. The fourth-order valence-corrected chi connectivity index (χ4v) is 4.41. The van der Waals surface area contributed by atoms with Gasteiger partial charge in [0.1, 0.15) is 18.4 Å². The lowest BCUT2D eigenvalue weighted by Gasteiger charge is -2.34. The number of fused-ring (bicyclic) bond motifs is 1. The van der Waals surface area contributed by atoms with Crippen LogP contribution in [0.2, 0.25) is 0 Å². The van der Waals surface area contributed by atoms with E-state index < -0.39 is 5.60 Å².